The first-order valence-corrected chi connectivity index (χ1v) is 3.58. The van der Waals surface area contributed by atoms with Crippen molar-refractivity contribution in [3.8, 4) is 0 Å². The van der Waals surface area contributed by atoms with Crippen LogP contribution in [0.15, 0.2) is 18.3 Å². The molecule has 1 rings (SSSR count). The molecule has 0 aromatic carbocycles. The van der Waals surface area contributed by atoms with Gasteiger partial charge >= 0.3 is 5.97 Å². The lowest BCUT2D eigenvalue weighted by Gasteiger charge is -2.04. The van der Waals surface area contributed by atoms with Gasteiger partial charge in [-0.05, 0) is 19.1 Å². The summed E-state index contributed by atoms with van der Waals surface area (Å²) in [4.78, 5) is 10.5. The minimum Gasteiger partial charge on any atom is -0.478 e. The van der Waals surface area contributed by atoms with Gasteiger partial charge in [0.25, 0.3) is 0 Å². The van der Waals surface area contributed by atoms with E-state index >= 15 is 0 Å². The molecule has 0 aliphatic heterocycles. The maximum atomic E-state index is 10.5. The number of carboxylic acids is 1. The first-order valence-electron chi connectivity index (χ1n) is 3.58. The molecule has 5 heteroatoms. The van der Waals surface area contributed by atoms with Crippen molar-refractivity contribution in [2.24, 2.45) is 0 Å². The quantitative estimate of drug-likeness (QED) is 0.433. The average Bonchev–Trinajstić information content (AvgIpc) is 2.04. The van der Waals surface area contributed by atoms with Gasteiger partial charge in [0.15, 0.2) is 0 Å². The van der Waals surface area contributed by atoms with Gasteiger partial charge in [0.05, 0.1) is 5.56 Å². The van der Waals surface area contributed by atoms with E-state index < -0.39 is 5.97 Å². The van der Waals surface area contributed by atoms with E-state index in [0.717, 1.165) is 0 Å². The molecule has 1 heterocycles. The van der Waals surface area contributed by atoms with Crippen LogP contribution in [0.3, 0.4) is 0 Å². The van der Waals surface area contributed by atoms with E-state index in [4.69, 9.17) is 15.9 Å². The van der Waals surface area contributed by atoms with Crippen molar-refractivity contribution in [1.29, 1.82) is 10.8 Å². The summed E-state index contributed by atoms with van der Waals surface area (Å²) in [6.07, 6.45) is 1.26. The third-order valence-electron chi connectivity index (χ3n) is 1.56. The van der Waals surface area contributed by atoms with Crippen molar-refractivity contribution in [3.63, 3.8) is 0 Å². The number of nitrogens with zero attached hydrogens (tertiary/aromatic N) is 1. The van der Waals surface area contributed by atoms with E-state index in [1.54, 1.807) is 0 Å². The average molecular weight is 179 g/mol. The topological polar surface area (TPSA) is 89.9 Å². The molecular weight excluding hydrogens is 170 g/mol. The van der Waals surface area contributed by atoms with Crippen molar-refractivity contribution in [2.75, 3.05) is 0 Å². The second kappa shape index (κ2) is 3.22. The molecule has 0 aliphatic carbocycles. The summed E-state index contributed by atoms with van der Waals surface area (Å²) in [5.74, 6) is -0.942. The number of rotatable bonds is 1. The van der Waals surface area contributed by atoms with Gasteiger partial charge in [-0.2, -0.15) is 0 Å². The third-order valence-corrected chi connectivity index (χ3v) is 1.56. The van der Waals surface area contributed by atoms with Gasteiger partial charge in [-0.25, -0.2) is 4.79 Å². The van der Waals surface area contributed by atoms with Gasteiger partial charge < -0.3 is 5.11 Å². The Morgan fingerprint density at radius 2 is 2.15 bits per heavy atom. The molecule has 1 aromatic rings. The maximum Gasteiger partial charge on any atom is 0.337 e. The van der Waals surface area contributed by atoms with Crippen LogP contribution < -0.4 is 5.49 Å². The van der Waals surface area contributed by atoms with Crippen molar-refractivity contribution in [1.82, 2.24) is 4.57 Å². The molecule has 0 fully saturated rings. The Bertz CT molecular complexity index is 420. The second-order valence-corrected chi connectivity index (χ2v) is 2.56. The highest BCUT2D eigenvalue weighted by Gasteiger charge is 2.03. The highest BCUT2D eigenvalue weighted by molar-refractivity contribution is 5.88. The molecule has 13 heavy (non-hydrogen) atoms. The third kappa shape index (κ3) is 1.81. The normalized spacial score (nSPS) is 9.62. The number of aromatic carboxylic acids is 1. The van der Waals surface area contributed by atoms with Crippen molar-refractivity contribution in [2.45, 2.75) is 6.92 Å². The lowest BCUT2D eigenvalue weighted by molar-refractivity contribution is 0.0696. The zero-order valence-corrected chi connectivity index (χ0v) is 7.03. The fraction of sp³-hybridized carbons (Fsp3) is 0.125. The van der Waals surface area contributed by atoms with E-state index in [1.807, 2.05) is 0 Å². The smallest absolute Gasteiger partial charge is 0.337 e. The lowest BCUT2D eigenvalue weighted by atomic mass is 10.3. The van der Waals surface area contributed by atoms with Crippen LogP contribution >= 0.6 is 0 Å². The van der Waals surface area contributed by atoms with E-state index in [-0.39, 0.29) is 16.9 Å². The molecule has 0 atom stereocenters. The Hall–Kier alpha value is -1.91. The van der Waals surface area contributed by atoms with Crippen LogP contribution in [0.1, 0.15) is 17.3 Å². The van der Waals surface area contributed by atoms with Gasteiger partial charge in [0.1, 0.15) is 11.3 Å². The van der Waals surface area contributed by atoms with Crippen LogP contribution in [0.4, 0.5) is 0 Å². The minimum atomic E-state index is -1.06. The molecule has 5 nitrogen and oxygen atoms in total. The number of nitrogens with one attached hydrogen (secondary N) is 2. The Balaban J connectivity index is 3.35. The van der Waals surface area contributed by atoms with Crippen molar-refractivity contribution >= 4 is 11.8 Å². The van der Waals surface area contributed by atoms with Gasteiger partial charge in [0, 0.05) is 6.20 Å². The maximum absolute atomic E-state index is 10.5. The molecular formula is C8H9N3O2. The molecule has 0 amide bonds. The monoisotopic (exact) mass is 179 g/mol. The van der Waals surface area contributed by atoms with Gasteiger partial charge in [-0.3, -0.25) is 15.4 Å². The van der Waals surface area contributed by atoms with Crippen LogP contribution in [-0.4, -0.2) is 21.5 Å². The minimum absolute atomic E-state index is 0.0719. The number of aromatic nitrogens is 1. The van der Waals surface area contributed by atoms with E-state index in [1.165, 1.54) is 29.8 Å². The van der Waals surface area contributed by atoms with Gasteiger partial charge in [-0.1, -0.05) is 0 Å². The Labute approximate surface area is 74.3 Å². The van der Waals surface area contributed by atoms with Gasteiger partial charge in [-0.15, -0.1) is 0 Å². The summed E-state index contributed by atoms with van der Waals surface area (Å²) in [6.45, 7) is 1.49. The van der Waals surface area contributed by atoms with Gasteiger partial charge in [0.2, 0.25) is 0 Å². The molecule has 0 unspecified atom stereocenters. The molecule has 68 valence electrons. The number of hydrogen-bond donors (Lipinski definition) is 3. The van der Waals surface area contributed by atoms with Crippen LogP contribution in [0, 0.1) is 10.8 Å². The first kappa shape index (κ1) is 9.18. The highest BCUT2D eigenvalue weighted by Crippen LogP contribution is 1.94. The molecule has 0 radical (unpaired) electrons. The fourth-order valence-electron chi connectivity index (χ4n) is 0.905. The molecule has 0 saturated carbocycles. The summed E-state index contributed by atoms with van der Waals surface area (Å²) in [5, 5.41) is 23.3. The van der Waals surface area contributed by atoms with Crippen molar-refractivity contribution in [3.05, 3.63) is 29.4 Å². The number of pyridine rings is 1. The van der Waals surface area contributed by atoms with Crippen LogP contribution in [0.5, 0.6) is 0 Å². The van der Waals surface area contributed by atoms with E-state index in [0.29, 0.717) is 0 Å². The Morgan fingerprint density at radius 1 is 1.54 bits per heavy atom. The molecule has 0 aliphatic rings. The molecule has 3 N–H and O–H groups in total. The number of carbonyl (C=O) groups is 1. The summed E-state index contributed by atoms with van der Waals surface area (Å²) in [6, 6.07) is 2.69. The molecule has 1 aromatic heterocycles. The lowest BCUT2D eigenvalue weighted by Crippen LogP contribution is -2.24. The zero-order chi connectivity index (χ0) is 10.0. The molecule has 0 saturated heterocycles. The fourth-order valence-corrected chi connectivity index (χ4v) is 0.905. The predicted molar refractivity (Wildman–Crippen MR) is 46.0 cm³/mol. The molecule has 0 bridgehead atoms. The Kier molecular flexibility index (Phi) is 2.27. The van der Waals surface area contributed by atoms with Crippen LogP contribution in [0.25, 0.3) is 0 Å². The number of carboxylic acid groups (broad SMARTS) is 1. The number of hydrogen-bond acceptors (Lipinski definition) is 3. The summed E-state index contributed by atoms with van der Waals surface area (Å²) in [5.41, 5.74) is 0.167. The standard InChI is InChI=1S/C8H9N3O2/c1-5(9)11-4-6(8(12)13)2-3-7(11)10/h2-4,9-10H,1H3,(H,12,13). The Morgan fingerprint density at radius 3 is 2.62 bits per heavy atom. The summed E-state index contributed by atoms with van der Waals surface area (Å²) < 4.78 is 1.20. The van der Waals surface area contributed by atoms with Crippen LogP contribution in [0.2, 0.25) is 0 Å². The predicted octanol–water partition coefficient (Wildman–Crippen LogP) is 0.511. The first-order chi connectivity index (χ1) is 6.02. The summed E-state index contributed by atoms with van der Waals surface area (Å²) in [7, 11) is 0. The van der Waals surface area contributed by atoms with E-state index in [2.05, 4.69) is 0 Å². The second-order valence-electron chi connectivity index (χ2n) is 2.56. The zero-order valence-electron chi connectivity index (χ0n) is 7.03. The molecule has 0 spiro atoms. The van der Waals surface area contributed by atoms with E-state index in [9.17, 15) is 4.79 Å². The highest BCUT2D eigenvalue weighted by atomic mass is 16.4. The van der Waals surface area contributed by atoms with Crippen LogP contribution in [-0.2, 0) is 0 Å². The SMILES string of the molecule is CC(=N)n1cc(C(=O)O)ccc1=N. The van der Waals surface area contributed by atoms with Crippen molar-refractivity contribution < 1.29 is 9.90 Å². The summed E-state index contributed by atoms with van der Waals surface area (Å²) >= 11 is 0. The largest absolute Gasteiger partial charge is 0.478 e.